The lowest BCUT2D eigenvalue weighted by Gasteiger charge is -2.14. The van der Waals surface area contributed by atoms with Gasteiger partial charge in [0.25, 0.3) is 0 Å². The van der Waals surface area contributed by atoms with Crippen LogP contribution < -0.4 is 10.6 Å². The Bertz CT molecular complexity index is 364. The molecule has 5 N–H and O–H groups in total. The second-order valence-electron chi connectivity index (χ2n) is 4.50. The van der Waals surface area contributed by atoms with Crippen molar-refractivity contribution in [1.82, 2.24) is 10.6 Å². The van der Waals surface area contributed by atoms with Crippen LogP contribution in [0.25, 0.3) is 0 Å². The van der Waals surface area contributed by atoms with E-state index in [0.717, 1.165) is 0 Å². The summed E-state index contributed by atoms with van der Waals surface area (Å²) in [7, 11) is 0. The summed E-state index contributed by atoms with van der Waals surface area (Å²) in [5, 5.41) is 30.8. The molecule has 1 atom stereocenters. The molecule has 0 aliphatic carbocycles. The molecule has 0 saturated carbocycles. The zero-order valence-corrected chi connectivity index (χ0v) is 12.8. The van der Waals surface area contributed by atoms with Crippen LogP contribution in [0.5, 0.6) is 0 Å². The van der Waals surface area contributed by atoms with Crippen LogP contribution in [-0.4, -0.2) is 85.3 Å². The minimum atomic E-state index is -1.18. The number of rotatable bonds is 14. The Morgan fingerprint density at radius 1 is 0.957 bits per heavy atom. The molecular formula is C13H24N2O8. The third-order valence-electron chi connectivity index (χ3n) is 2.56. The molecule has 134 valence electrons. The lowest BCUT2D eigenvalue weighted by Crippen LogP contribution is -2.43. The molecule has 0 bridgehead atoms. The Morgan fingerprint density at radius 2 is 1.52 bits per heavy atom. The summed E-state index contributed by atoms with van der Waals surface area (Å²) >= 11 is 0. The van der Waals surface area contributed by atoms with Crippen LogP contribution in [0.4, 0.5) is 0 Å². The van der Waals surface area contributed by atoms with Gasteiger partial charge in [-0.25, -0.2) is 4.79 Å². The molecular weight excluding hydrogens is 312 g/mol. The summed E-state index contributed by atoms with van der Waals surface area (Å²) in [4.78, 5) is 33.8. The van der Waals surface area contributed by atoms with E-state index in [4.69, 9.17) is 24.8 Å². The van der Waals surface area contributed by atoms with E-state index in [0.29, 0.717) is 6.42 Å². The van der Waals surface area contributed by atoms with Crippen molar-refractivity contribution in [3.05, 3.63) is 0 Å². The molecule has 0 aromatic carbocycles. The average Bonchev–Trinajstić information content (AvgIpc) is 2.50. The van der Waals surface area contributed by atoms with Gasteiger partial charge < -0.3 is 35.4 Å². The van der Waals surface area contributed by atoms with Crippen molar-refractivity contribution in [1.29, 1.82) is 0 Å². The summed E-state index contributed by atoms with van der Waals surface area (Å²) < 4.78 is 9.60. The molecule has 10 heteroatoms. The lowest BCUT2D eigenvalue weighted by atomic mass is 10.1. The Hall–Kier alpha value is -1.75. The minimum absolute atomic E-state index is 0.00442. The molecule has 0 saturated heterocycles. The molecule has 2 amide bonds. The van der Waals surface area contributed by atoms with E-state index in [-0.39, 0.29) is 58.5 Å². The molecule has 0 aliphatic heterocycles. The number of carbonyl (C=O) groups excluding carboxylic acids is 2. The largest absolute Gasteiger partial charge is 0.480 e. The van der Waals surface area contributed by atoms with Crippen LogP contribution >= 0.6 is 0 Å². The number of ether oxygens (including phenoxy) is 2. The first-order chi connectivity index (χ1) is 11.0. The summed E-state index contributed by atoms with van der Waals surface area (Å²) in [5.41, 5.74) is 0. The number of aliphatic hydroxyl groups excluding tert-OH is 2. The van der Waals surface area contributed by atoms with E-state index in [1.165, 1.54) is 0 Å². The van der Waals surface area contributed by atoms with Crippen molar-refractivity contribution >= 4 is 17.8 Å². The SMILES string of the molecule is O=C(COCCO)NCCC[C@@H](NC(=O)COCCO)C(=O)O. The maximum atomic E-state index is 11.4. The zero-order valence-electron chi connectivity index (χ0n) is 12.8. The van der Waals surface area contributed by atoms with Crippen LogP contribution in [-0.2, 0) is 23.9 Å². The van der Waals surface area contributed by atoms with E-state index >= 15 is 0 Å². The monoisotopic (exact) mass is 336 g/mol. The van der Waals surface area contributed by atoms with Gasteiger partial charge >= 0.3 is 5.97 Å². The number of hydrogen-bond acceptors (Lipinski definition) is 7. The highest BCUT2D eigenvalue weighted by Gasteiger charge is 2.19. The van der Waals surface area contributed by atoms with Gasteiger partial charge in [-0.3, -0.25) is 9.59 Å². The van der Waals surface area contributed by atoms with Crippen LogP contribution in [0.2, 0.25) is 0 Å². The predicted molar refractivity (Wildman–Crippen MR) is 77.6 cm³/mol. The Labute approximate surface area is 133 Å². The Morgan fingerprint density at radius 3 is 2.04 bits per heavy atom. The molecule has 0 unspecified atom stereocenters. The molecule has 0 aliphatic rings. The third kappa shape index (κ3) is 12.5. The van der Waals surface area contributed by atoms with Crippen molar-refractivity contribution in [2.45, 2.75) is 18.9 Å². The number of carboxylic acids is 1. The summed E-state index contributed by atoms with van der Waals surface area (Å²) in [6, 6.07) is -1.08. The molecule has 0 aromatic heterocycles. The standard InChI is InChI=1S/C13H24N2O8/c16-4-6-22-8-11(18)14-3-1-2-10(13(20)21)15-12(19)9-23-7-5-17/h10,16-17H,1-9H2,(H,14,18)(H,15,19)(H,20,21)/t10-/m1/s1. The number of aliphatic carboxylic acids is 1. The van der Waals surface area contributed by atoms with E-state index in [1.54, 1.807) is 0 Å². The molecule has 0 rings (SSSR count). The van der Waals surface area contributed by atoms with Gasteiger partial charge in [0.15, 0.2) is 0 Å². The highest BCUT2D eigenvalue weighted by Crippen LogP contribution is 1.97. The fraction of sp³-hybridized carbons (Fsp3) is 0.769. The highest BCUT2D eigenvalue weighted by atomic mass is 16.5. The number of amides is 2. The van der Waals surface area contributed by atoms with E-state index in [9.17, 15) is 14.4 Å². The van der Waals surface area contributed by atoms with Gasteiger partial charge in [-0.05, 0) is 12.8 Å². The normalized spacial score (nSPS) is 11.7. The second kappa shape index (κ2) is 13.9. The molecule has 0 radical (unpaired) electrons. The Balaban J connectivity index is 3.90. The third-order valence-corrected chi connectivity index (χ3v) is 2.56. The van der Waals surface area contributed by atoms with E-state index in [1.807, 2.05) is 0 Å². The van der Waals surface area contributed by atoms with Gasteiger partial charge in [0, 0.05) is 6.54 Å². The van der Waals surface area contributed by atoms with Crippen molar-refractivity contribution in [2.75, 3.05) is 46.2 Å². The quantitative estimate of drug-likeness (QED) is 0.218. The maximum absolute atomic E-state index is 11.4. The minimum Gasteiger partial charge on any atom is -0.480 e. The maximum Gasteiger partial charge on any atom is 0.326 e. The van der Waals surface area contributed by atoms with E-state index in [2.05, 4.69) is 10.6 Å². The van der Waals surface area contributed by atoms with Crippen LogP contribution in [0.1, 0.15) is 12.8 Å². The number of carboxylic acid groups (broad SMARTS) is 1. The van der Waals surface area contributed by atoms with Gasteiger partial charge in [-0.15, -0.1) is 0 Å². The van der Waals surface area contributed by atoms with Gasteiger partial charge in [0.2, 0.25) is 11.8 Å². The second-order valence-corrected chi connectivity index (χ2v) is 4.50. The summed E-state index contributed by atoms with van der Waals surface area (Å²) in [6.45, 7) is -0.603. The number of aliphatic hydroxyl groups is 2. The summed E-state index contributed by atoms with van der Waals surface area (Å²) in [6.07, 6.45) is 0.485. The Kier molecular flexibility index (Phi) is 12.8. The molecule has 0 fully saturated rings. The topological polar surface area (TPSA) is 154 Å². The van der Waals surface area contributed by atoms with Crippen molar-refractivity contribution in [2.24, 2.45) is 0 Å². The first kappa shape index (κ1) is 21.2. The highest BCUT2D eigenvalue weighted by molar-refractivity contribution is 5.84. The number of nitrogens with one attached hydrogen (secondary N) is 2. The molecule has 0 aromatic rings. The molecule has 0 heterocycles. The first-order valence-corrected chi connectivity index (χ1v) is 7.17. The fourth-order valence-electron chi connectivity index (χ4n) is 1.54. The zero-order chi connectivity index (χ0) is 17.5. The fourth-order valence-corrected chi connectivity index (χ4v) is 1.54. The van der Waals surface area contributed by atoms with Crippen LogP contribution in [0.15, 0.2) is 0 Å². The smallest absolute Gasteiger partial charge is 0.326 e. The average molecular weight is 336 g/mol. The lowest BCUT2D eigenvalue weighted by molar-refractivity contribution is -0.142. The summed E-state index contributed by atoms with van der Waals surface area (Å²) in [5.74, 6) is -2.14. The van der Waals surface area contributed by atoms with E-state index < -0.39 is 17.9 Å². The van der Waals surface area contributed by atoms with Gasteiger partial charge in [0.05, 0.1) is 26.4 Å². The van der Waals surface area contributed by atoms with Gasteiger partial charge in [0.1, 0.15) is 19.3 Å². The number of carbonyl (C=O) groups is 3. The van der Waals surface area contributed by atoms with Crippen LogP contribution in [0.3, 0.4) is 0 Å². The number of hydrogen-bond donors (Lipinski definition) is 5. The first-order valence-electron chi connectivity index (χ1n) is 7.17. The van der Waals surface area contributed by atoms with Gasteiger partial charge in [-0.1, -0.05) is 0 Å². The van der Waals surface area contributed by atoms with Crippen LogP contribution in [0, 0.1) is 0 Å². The van der Waals surface area contributed by atoms with Crippen molar-refractivity contribution in [3.63, 3.8) is 0 Å². The molecule has 0 spiro atoms. The van der Waals surface area contributed by atoms with Gasteiger partial charge in [-0.2, -0.15) is 0 Å². The molecule has 23 heavy (non-hydrogen) atoms. The predicted octanol–water partition coefficient (Wildman–Crippen LogP) is -2.53. The van der Waals surface area contributed by atoms with Crippen molar-refractivity contribution in [3.8, 4) is 0 Å². The van der Waals surface area contributed by atoms with Crippen molar-refractivity contribution < 1.29 is 39.2 Å². The molecule has 10 nitrogen and oxygen atoms in total.